The van der Waals surface area contributed by atoms with Crippen LogP contribution in [-0.4, -0.2) is 11.8 Å². The van der Waals surface area contributed by atoms with Crippen molar-refractivity contribution < 1.29 is 14.0 Å². The fourth-order valence-electron chi connectivity index (χ4n) is 2.77. The van der Waals surface area contributed by atoms with E-state index in [0.29, 0.717) is 11.4 Å². The lowest BCUT2D eigenvalue weighted by molar-refractivity contribution is -0.119. The van der Waals surface area contributed by atoms with Crippen molar-refractivity contribution >= 4 is 34.2 Å². The summed E-state index contributed by atoms with van der Waals surface area (Å²) in [5.41, 5.74) is 5.39. The number of amides is 2. The monoisotopic (exact) mass is 364 g/mol. The van der Waals surface area contributed by atoms with Gasteiger partial charge in [-0.3, -0.25) is 9.59 Å². The standard InChI is InChI=1S/C22H24N2O3/c1-13(2)22(26)24-18-7-5-17(6-8-18)23-21(25)11-16-12-27-20-10-15(4)14(3)9-19(16)20/h5-10,12-13H,11H2,1-4H3,(H,23,25)(H,24,26). The van der Waals surface area contributed by atoms with Crippen LogP contribution in [0.25, 0.3) is 11.0 Å². The van der Waals surface area contributed by atoms with Crippen LogP contribution in [0.2, 0.25) is 0 Å². The summed E-state index contributed by atoms with van der Waals surface area (Å²) in [6.07, 6.45) is 1.88. The van der Waals surface area contributed by atoms with E-state index in [4.69, 9.17) is 4.42 Å². The summed E-state index contributed by atoms with van der Waals surface area (Å²) in [5.74, 6) is -0.236. The molecule has 3 rings (SSSR count). The Hall–Kier alpha value is -3.08. The van der Waals surface area contributed by atoms with Gasteiger partial charge in [-0.25, -0.2) is 0 Å². The van der Waals surface area contributed by atoms with Gasteiger partial charge in [0.25, 0.3) is 0 Å². The number of carbonyl (C=O) groups excluding carboxylic acids is 2. The van der Waals surface area contributed by atoms with Gasteiger partial charge in [-0.15, -0.1) is 0 Å². The van der Waals surface area contributed by atoms with E-state index in [2.05, 4.69) is 16.7 Å². The summed E-state index contributed by atoms with van der Waals surface area (Å²) in [7, 11) is 0. The largest absolute Gasteiger partial charge is 0.464 e. The van der Waals surface area contributed by atoms with Gasteiger partial charge in [-0.1, -0.05) is 13.8 Å². The molecule has 0 radical (unpaired) electrons. The Morgan fingerprint density at radius 3 is 2.19 bits per heavy atom. The molecule has 0 spiro atoms. The van der Waals surface area contributed by atoms with Crippen molar-refractivity contribution in [3.05, 3.63) is 59.4 Å². The van der Waals surface area contributed by atoms with Gasteiger partial charge in [0.2, 0.25) is 11.8 Å². The zero-order valence-electron chi connectivity index (χ0n) is 16.1. The van der Waals surface area contributed by atoms with Gasteiger partial charge in [0.1, 0.15) is 5.58 Å². The average molecular weight is 364 g/mol. The highest BCUT2D eigenvalue weighted by Crippen LogP contribution is 2.25. The van der Waals surface area contributed by atoms with Crippen LogP contribution in [0.1, 0.15) is 30.5 Å². The summed E-state index contributed by atoms with van der Waals surface area (Å²) >= 11 is 0. The molecular formula is C22H24N2O3. The molecule has 1 heterocycles. The van der Waals surface area contributed by atoms with Crippen LogP contribution >= 0.6 is 0 Å². The smallest absolute Gasteiger partial charge is 0.228 e. The first-order valence-corrected chi connectivity index (χ1v) is 9.01. The minimum absolute atomic E-state index is 0.0378. The molecule has 140 valence electrons. The zero-order chi connectivity index (χ0) is 19.6. The summed E-state index contributed by atoms with van der Waals surface area (Å²) in [4.78, 5) is 24.1. The van der Waals surface area contributed by atoms with Gasteiger partial charge < -0.3 is 15.1 Å². The summed E-state index contributed by atoms with van der Waals surface area (Å²) in [6, 6.07) is 11.1. The Labute approximate surface area is 158 Å². The topological polar surface area (TPSA) is 71.3 Å². The molecule has 0 aliphatic rings. The predicted molar refractivity (Wildman–Crippen MR) is 108 cm³/mol. The average Bonchev–Trinajstić information content (AvgIpc) is 2.98. The van der Waals surface area contributed by atoms with Crippen LogP contribution in [0.5, 0.6) is 0 Å². The number of hydrogen-bond donors (Lipinski definition) is 2. The van der Waals surface area contributed by atoms with E-state index in [1.807, 2.05) is 33.8 Å². The van der Waals surface area contributed by atoms with Gasteiger partial charge in [0.05, 0.1) is 12.7 Å². The van der Waals surface area contributed by atoms with Crippen molar-refractivity contribution in [2.45, 2.75) is 34.1 Å². The number of fused-ring (bicyclic) bond motifs is 1. The van der Waals surface area contributed by atoms with Crippen LogP contribution in [-0.2, 0) is 16.0 Å². The number of aryl methyl sites for hydroxylation is 2. The van der Waals surface area contributed by atoms with Crippen molar-refractivity contribution in [1.29, 1.82) is 0 Å². The maximum atomic E-state index is 12.4. The molecule has 5 nitrogen and oxygen atoms in total. The molecule has 0 aliphatic carbocycles. The van der Waals surface area contributed by atoms with Gasteiger partial charge in [-0.2, -0.15) is 0 Å². The van der Waals surface area contributed by atoms with Gasteiger partial charge in [-0.05, 0) is 61.4 Å². The second-order valence-corrected chi connectivity index (χ2v) is 7.14. The molecule has 0 fully saturated rings. The Kier molecular flexibility index (Phi) is 5.31. The number of nitrogens with one attached hydrogen (secondary N) is 2. The maximum absolute atomic E-state index is 12.4. The number of anilines is 2. The summed E-state index contributed by atoms with van der Waals surface area (Å²) in [5, 5.41) is 6.68. The predicted octanol–water partition coefficient (Wildman–Crippen LogP) is 4.83. The lowest BCUT2D eigenvalue weighted by atomic mass is 10.0. The molecule has 2 aromatic carbocycles. The molecule has 0 aliphatic heterocycles. The highest BCUT2D eigenvalue weighted by Gasteiger charge is 2.12. The molecule has 2 N–H and O–H groups in total. The first-order chi connectivity index (χ1) is 12.8. The lowest BCUT2D eigenvalue weighted by Gasteiger charge is -2.09. The number of carbonyl (C=O) groups is 2. The lowest BCUT2D eigenvalue weighted by Crippen LogP contribution is -2.18. The molecule has 1 aromatic heterocycles. The molecule has 0 atom stereocenters. The third-order valence-electron chi connectivity index (χ3n) is 4.58. The normalized spacial score (nSPS) is 11.0. The Balaban J connectivity index is 1.66. The fraction of sp³-hybridized carbons (Fsp3) is 0.273. The molecule has 3 aromatic rings. The van der Waals surface area contributed by atoms with Crippen LogP contribution in [0.3, 0.4) is 0 Å². The fourth-order valence-corrected chi connectivity index (χ4v) is 2.77. The Morgan fingerprint density at radius 2 is 1.56 bits per heavy atom. The number of benzene rings is 2. The SMILES string of the molecule is Cc1cc2occ(CC(=O)Nc3ccc(NC(=O)C(C)C)cc3)c2cc1C. The van der Waals surface area contributed by atoms with Crippen LogP contribution < -0.4 is 10.6 Å². The second kappa shape index (κ2) is 7.66. The molecular weight excluding hydrogens is 340 g/mol. The van der Waals surface area contributed by atoms with Gasteiger partial charge in [0, 0.05) is 28.2 Å². The van der Waals surface area contributed by atoms with Crippen molar-refractivity contribution in [3.8, 4) is 0 Å². The Morgan fingerprint density at radius 1 is 0.963 bits per heavy atom. The molecule has 0 saturated heterocycles. The third kappa shape index (κ3) is 4.37. The van der Waals surface area contributed by atoms with Crippen LogP contribution in [0.4, 0.5) is 11.4 Å². The van der Waals surface area contributed by atoms with Crippen LogP contribution in [0.15, 0.2) is 47.1 Å². The van der Waals surface area contributed by atoms with E-state index in [1.54, 1.807) is 30.5 Å². The molecule has 5 heteroatoms. The second-order valence-electron chi connectivity index (χ2n) is 7.14. The highest BCUT2D eigenvalue weighted by molar-refractivity contribution is 5.96. The number of furan rings is 1. The molecule has 2 amide bonds. The minimum atomic E-state index is -0.116. The van der Waals surface area contributed by atoms with E-state index < -0.39 is 0 Å². The van der Waals surface area contributed by atoms with E-state index in [9.17, 15) is 9.59 Å². The van der Waals surface area contributed by atoms with Gasteiger partial charge >= 0.3 is 0 Å². The van der Waals surface area contributed by atoms with Crippen molar-refractivity contribution in [2.24, 2.45) is 5.92 Å². The molecule has 0 unspecified atom stereocenters. The molecule has 0 bridgehead atoms. The summed E-state index contributed by atoms with van der Waals surface area (Å²) < 4.78 is 5.59. The highest BCUT2D eigenvalue weighted by atomic mass is 16.3. The number of hydrogen-bond acceptors (Lipinski definition) is 3. The third-order valence-corrected chi connectivity index (χ3v) is 4.58. The van der Waals surface area contributed by atoms with E-state index in [0.717, 1.165) is 22.1 Å². The van der Waals surface area contributed by atoms with Gasteiger partial charge in [0.15, 0.2) is 0 Å². The summed E-state index contributed by atoms with van der Waals surface area (Å²) in [6.45, 7) is 7.76. The number of rotatable bonds is 5. The van der Waals surface area contributed by atoms with Crippen molar-refractivity contribution in [3.63, 3.8) is 0 Å². The van der Waals surface area contributed by atoms with E-state index in [-0.39, 0.29) is 24.2 Å². The van der Waals surface area contributed by atoms with Crippen LogP contribution in [0, 0.1) is 19.8 Å². The van der Waals surface area contributed by atoms with Crippen molar-refractivity contribution in [1.82, 2.24) is 0 Å². The molecule has 27 heavy (non-hydrogen) atoms. The quantitative estimate of drug-likeness (QED) is 0.681. The minimum Gasteiger partial charge on any atom is -0.464 e. The van der Waals surface area contributed by atoms with Crippen molar-refractivity contribution in [2.75, 3.05) is 10.6 Å². The zero-order valence-corrected chi connectivity index (χ0v) is 16.1. The first kappa shape index (κ1) is 18.7. The molecule has 0 saturated carbocycles. The van der Waals surface area contributed by atoms with E-state index in [1.165, 1.54) is 5.56 Å². The first-order valence-electron chi connectivity index (χ1n) is 9.01. The Bertz CT molecular complexity index is 985. The van der Waals surface area contributed by atoms with E-state index >= 15 is 0 Å². The maximum Gasteiger partial charge on any atom is 0.228 e.